The van der Waals surface area contributed by atoms with Crippen molar-refractivity contribution in [3.63, 3.8) is 0 Å². The van der Waals surface area contributed by atoms with Crippen LogP contribution in [-0.2, 0) is 14.8 Å². The fourth-order valence-electron chi connectivity index (χ4n) is 1.58. The minimum absolute atomic E-state index is 0.0775. The number of ether oxygens (including phenoxy) is 1. The zero-order chi connectivity index (χ0) is 14.6. The molecule has 0 heterocycles. The molecule has 106 valence electrons. The van der Waals surface area contributed by atoms with Crippen molar-refractivity contribution in [2.24, 2.45) is 5.73 Å². The van der Waals surface area contributed by atoms with E-state index in [4.69, 9.17) is 16.2 Å². The van der Waals surface area contributed by atoms with Crippen LogP contribution in [0.25, 0.3) is 0 Å². The monoisotopic (exact) mass is 287 g/mol. The van der Waals surface area contributed by atoms with E-state index in [2.05, 4.69) is 4.72 Å². The van der Waals surface area contributed by atoms with Crippen LogP contribution < -0.4 is 20.9 Å². The van der Waals surface area contributed by atoms with E-state index in [9.17, 15) is 13.2 Å². The van der Waals surface area contributed by atoms with Gasteiger partial charge in [-0.15, -0.1) is 0 Å². The van der Waals surface area contributed by atoms with E-state index in [1.165, 1.54) is 25.3 Å². The molecule has 8 heteroatoms. The van der Waals surface area contributed by atoms with E-state index in [0.717, 1.165) is 0 Å². The number of methoxy groups -OCH3 is 1. The number of hydrogen-bond donors (Lipinski definition) is 3. The molecule has 1 atom stereocenters. The second-order valence-electron chi connectivity index (χ2n) is 4.10. The van der Waals surface area contributed by atoms with Gasteiger partial charge in [-0.3, -0.25) is 4.79 Å². The fourth-order valence-corrected chi connectivity index (χ4v) is 3.02. The average molecular weight is 287 g/mol. The number of rotatable bonds is 6. The average Bonchev–Trinajstić information content (AvgIpc) is 2.26. The molecular formula is C11H17N3O4S. The van der Waals surface area contributed by atoms with Gasteiger partial charge in [0, 0.05) is 18.2 Å². The number of amides is 1. The molecule has 1 amide bonds. The summed E-state index contributed by atoms with van der Waals surface area (Å²) < 4.78 is 31.6. The molecule has 0 fully saturated rings. The van der Waals surface area contributed by atoms with Gasteiger partial charge in [-0.1, -0.05) is 0 Å². The molecule has 7 nitrogen and oxygen atoms in total. The number of nitrogen functional groups attached to an aromatic ring is 1. The summed E-state index contributed by atoms with van der Waals surface area (Å²) in [5, 5.41) is 0. The van der Waals surface area contributed by atoms with Crippen LogP contribution in [0.3, 0.4) is 0 Å². The van der Waals surface area contributed by atoms with Crippen LogP contribution >= 0.6 is 0 Å². The summed E-state index contributed by atoms with van der Waals surface area (Å²) in [6.07, 6.45) is -0.0934. The summed E-state index contributed by atoms with van der Waals surface area (Å²) in [6.45, 7) is 1.54. The molecule has 19 heavy (non-hydrogen) atoms. The molecule has 0 aliphatic heterocycles. The lowest BCUT2D eigenvalue weighted by Crippen LogP contribution is -2.35. The van der Waals surface area contributed by atoms with E-state index < -0.39 is 22.0 Å². The second-order valence-corrected chi connectivity index (χ2v) is 5.79. The molecular weight excluding hydrogens is 270 g/mol. The SMILES string of the molecule is COc1ccc(N)cc1S(=O)(=O)NC(C)CC(N)=O. The lowest BCUT2D eigenvalue weighted by Gasteiger charge is -2.15. The molecule has 0 radical (unpaired) electrons. The normalized spacial score (nSPS) is 12.9. The predicted molar refractivity (Wildman–Crippen MR) is 71.0 cm³/mol. The summed E-state index contributed by atoms with van der Waals surface area (Å²) in [4.78, 5) is 10.7. The fraction of sp³-hybridized carbons (Fsp3) is 0.364. The standard InChI is InChI=1S/C11H17N3O4S/c1-7(5-11(13)15)14-19(16,17)10-6-8(12)3-4-9(10)18-2/h3-4,6-7,14H,5,12H2,1-2H3,(H2,13,15). The molecule has 0 spiro atoms. The number of carbonyl (C=O) groups excluding carboxylic acids is 1. The number of primary amides is 1. The van der Waals surface area contributed by atoms with Crippen LogP contribution in [-0.4, -0.2) is 27.5 Å². The van der Waals surface area contributed by atoms with Crippen molar-refractivity contribution in [2.45, 2.75) is 24.3 Å². The smallest absolute Gasteiger partial charge is 0.244 e. The maximum Gasteiger partial charge on any atom is 0.244 e. The minimum atomic E-state index is -3.83. The molecule has 1 rings (SSSR count). The summed E-state index contributed by atoms with van der Waals surface area (Å²) in [5.41, 5.74) is 10.9. The Labute approximate surface area is 112 Å². The van der Waals surface area contributed by atoms with Gasteiger partial charge in [-0.25, -0.2) is 13.1 Å². The topological polar surface area (TPSA) is 125 Å². The Morgan fingerprint density at radius 2 is 2.11 bits per heavy atom. The van der Waals surface area contributed by atoms with E-state index in [1.54, 1.807) is 6.92 Å². The predicted octanol–water partition coefficient (Wildman–Crippen LogP) is -0.180. The van der Waals surface area contributed by atoms with Crippen molar-refractivity contribution in [3.05, 3.63) is 18.2 Å². The van der Waals surface area contributed by atoms with Gasteiger partial charge in [0.2, 0.25) is 15.9 Å². The minimum Gasteiger partial charge on any atom is -0.495 e. The first-order chi connectivity index (χ1) is 8.76. The number of carbonyl (C=O) groups is 1. The van der Waals surface area contributed by atoms with Crippen LogP contribution in [0, 0.1) is 0 Å². The Balaban J connectivity index is 3.06. The highest BCUT2D eigenvalue weighted by Crippen LogP contribution is 2.25. The molecule has 1 unspecified atom stereocenters. The number of nitrogens with two attached hydrogens (primary N) is 2. The van der Waals surface area contributed by atoms with Crippen molar-refractivity contribution in [2.75, 3.05) is 12.8 Å². The zero-order valence-corrected chi connectivity index (χ0v) is 11.5. The number of sulfonamides is 1. The Morgan fingerprint density at radius 1 is 1.47 bits per heavy atom. The highest BCUT2D eigenvalue weighted by molar-refractivity contribution is 7.89. The van der Waals surface area contributed by atoms with Crippen molar-refractivity contribution in [1.82, 2.24) is 4.72 Å². The summed E-state index contributed by atoms with van der Waals surface area (Å²) >= 11 is 0. The lowest BCUT2D eigenvalue weighted by molar-refractivity contribution is -0.118. The maximum atomic E-state index is 12.2. The van der Waals surface area contributed by atoms with Crippen molar-refractivity contribution < 1.29 is 17.9 Å². The van der Waals surface area contributed by atoms with E-state index in [0.29, 0.717) is 5.69 Å². The maximum absolute atomic E-state index is 12.2. The van der Waals surface area contributed by atoms with Gasteiger partial charge in [0.15, 0.2) is 0 Å². The van der Waals surface area contributed by atoms with Gasteiger partial charge in [-0.2, -0.15) is 0 Å². The first-order valence-corrected chi connectivity index (χ1v) is 6.98. The van der Waals surface area contributed by atoms with Crippen LogP contribution in [0.15, 0.2) is 23.1 Å². The summed E-state index contributed by atoms with van der Waals surface area (Å²) in [5.74, 6) is -0.414. The molecule has 0 saturated heterocycles. The molecule has 1 aromatic carbocycles. The Kier molecular flexibility index (Phi) is 4.73. The van der Waals surface area contributed by atoms with Gasteiger partial charge in [0.1, 0.15) is 10.6 Å². The van der Waals surface area contributed by atoms with Crippen LogP contribution in [0.5, 0.6) is 5.75 Å². The molecule has 0 aliphatic rings. The zero-order valence-electron chi connectivity index (χ0n) is 10.7. The highest BCUT2D eigenvalue weighted by atomic mass is 32.2. The first-order valence-electron chi connectivity index (χ1n) is 5.50. The lowest BCUT2D eigenvalue weighted by atomic mass is 10.2. The van der Waals surface area contributed by atoms with Gasteiger partial charge in [-0.05, 0) is 25.1 Å². The van der Waals surface area contributed by atoms with Gasteiger partial charge in [0.25, 0.3) is 0 Å². The Hall–Kier alpha value is -1.80. The molecule has 5 N–H and O–H groups in total. The molecule has 0 aromatic heterocycles. The summed E-state index contributed by atoms with van der Waals surface area (Å²) in [6, 6.07) is 3.67. The number of nitrogens with one attached hydrogen (secondary N) is 1. The molecule has 0 saturated carbocycles. The largest absolute Gasteiger partial charge is 0.495 e. The number of benzene rings is 1. The third-order valence-electron chi connectivity index (χ3n) is 2.34. The Bertz CT molecular complexity index is 571. The van der Waals surface area contributed by atoms with E-state index in [-0.39, 0.29) is 17.1 Å². The third-order valence-corrected chi connectivity index (χ3v) is 3.95. The Morgan fingerprint density at radius 3 is 2.63 bits per heavy atom. The van der Waals surface area contributed by atoms with Crippen molar-refractivity contribution >= 4 is 21.6 Å². The van der Waals surface area contributed by atoms with Gasteiger partial charge < -0.3 is 16.2 Å². The molecule has 0 bridgehead atoms. The first kappa shape index (κ1) is 15.3. The van der Waals surface area contributed by atoms with Crippen LogP contribution in [0.1, 0.15) is 13.3 Å². The number of hydrogen-bond acceptors (Lipinski definition) is 5. The second kappa shape index (κ2) is 5.89. The molecule has 1 aromatic rings. The van der Waals surface area contributed by atoms with Crippen LogP contribution in [0.4, 0.5) is 5.69 Å². The molecule has 0 aliphatic carbocycles. The third kappa shape index (κ3) is 4.11. The number of anilines is 1. The highest BCUT2D eigenvalue weighted by Gasteiger charge is 2.22. The quantitative estimate of drug-likeness (QED) is 0.626. The summed E-state index contributed by atoms with van der Waals surface area (Å²) in [7, 11) is -2.47. The van der Waals surface area contributed by atoms with Gasteiger partial charge >= 0.3 is 0 Å². The van der Waals surface area contributed by atoms with Crippen LogP contribution in [0.2, 0.25) is 0 Å². The van der Waals surface area contributed by atoms with Crippen molar-refractivity contribution in [1.29, 1.82) is 0 Å². The van der Waals surface area contributed by atoms with Gasteiger partial charge in [0.05, 0.1) is 7.11 Å². The van der Waals surface area contributed by atoms with Crippen molar-refractivity contribution in [3.8, 4) is 5.75 Å². The van der Waals surface area contributed by atoms with E-state index in [1.807, 2.05) is 0 Å². The van der Waals surface area contributed by atoms with E-state index >= 15 is 0 Å².